The van der Waals surface area contributed by atoms with Crippen LogP contribution in [-0.2, 0) is 6.54 Å². The summed E-state index contributed by atoms with van der Waals surface area (Å²) in [5.41, 5.74) is 6.64. The quantitative estimate of drug-likeness (QED) is 0.849. The Labute approximate surface area is 118 Å². The summed E-state index contributed by atoms with van der Waals surface area (Å²) in [4.78, 5) is 13.1. The van der Waals surface area contributed by atoms with E-state index in [1.54, 1.807) is 6.20 Å². The number of piperazine rings is 1. The van der Waals surface area contributed by atoms with Gasteiger partial charge >= 0.3 is 0 Å². The Bertz CT molecular complexity index is 571. The highest BCUT2D eigenvalue weighted by molar-refractivity contribution is 5.84. The van der Waals surface area contributed by atoms with Gasteiger partial charge in [-0.2, -0.15) is 5.10 Å². The molecule has 0 aliphatic carbocycles. The molecule has 0 amide bonds. The fourth-order valence-corrected chi connectivity index (χ4v) is 2.59. The van der Waals surface area contributed by atoms with Crippen LogP contribution >= 0.6 is 0 Å². The Morgan fingerprint density at radius 3 is 2.75 bits per heavy atom. The lowest BCUT2D eigenvalue weighted by atomic mass is 10.3. The van der Waals surface area contributed by atoms with Gasteiger partial charge < -0.3 is 15.5 Å². The molecule has 0 spiro atoms. The predicted molar refractivity (Wildman–Crippen MR) is 78.3 cm³/mol. The molecule has 0 saturated carbocycles. The van der Waals surface area contributed by atoms with E-state index in [2.05, 4.69) is 31.9 Å². The van der Waals surface area contributed by atoms with Gasteiger partial charge in [0.15, 0.2) is 5.65 Å². The van der Waals surface area contributed by atoms with E-state index in [0.717, 1.165) is 56.7 Å². The first-order valence-electron chi connectivity index (χ1n) is 7.07. The smallest absolute Gasteiger partial charge is 0.163 e. The molecule has 7 nitrogen and oxygen atoms in total. The minimum Gasteiger partial charge on any atom is -0.383 e. The second-order valence-corrected chi connectivity index (χ2v) is 5.36. The number of aromatic nitrogens is 4. The minimum atomic E-state index is 0.500. The van der Waals surface area contributed by atoms with Gasteiger partial charge in [-0.15, -0.1) is 0 Å². The van der Waals surface area contributed by atoms with Crippen LogP contribution < -0.4 is 5.73 Å². The number of likely N-dealkylation sites (N-methyl/N-ethyl adjacent to an activating group) is 1. The maximum atomic E-state index is 5.81. The van der Waals surface area contributed by atoms with Crippen LogP contribution in [0.5, 0.6) is 0 Å². The van der Waals surface area contributed by atoms with Crippen molar-refractivity contribution in [3.8, 4) is 0 Å². The van der Waals surface area contributed by atoms with E-state index in [-0.39, 0.29) is 0 Å². The molecule has 20 heavy (non-hydrogen) atoms. The maximum absolute atomic E-state index is 5.81. The number of anilines is 1. The molecule has 0 bridgehead atoms. The summed E-state index contributed by atoms with van der Waals surface area (Å²) >= 11 is 0. The topological polar surface area (TPSA) is 76.1 Å². The molecule has 0 aromatic carbocycles. The van der Waals surface area contributed by atoms with Crippen LogP contribution in [0.4, 0.5) is 5.82 Å². The summed E-state index contributed by atoms with van der Waals surface area (Å²) in [6, 6.07) is 0. The molecule has 1 fully saturated rings. The molecule has 7 heteroatoms. The highest BCUT2D eigenvalue weighted by Gasteiger charge is 2.13. The molecular formula is C13H21N7. The molecule has 108 valence electrons. The molecular weight excluding hydrogens is 254 g/mol. The van der Waals surface area contributed by atoms with Crippen molar-refractivity contribution in [1.29, 1.82) is 0 Å². The van der Waals surface area contributed by atoms with E-state index in [0.29, 0.717) is 5.82 Å². The zero-order chi connectivity index (χ0) is 13.9. The SMILES string of the molecule is CN1CCN(CCCn2ncc3c(N)ncnc32)CC1. The summed E-state index contributed by atoms with van der Waals surface area (Å²) in [5.74, 6) is 0.500. The van der Waals surface area contributed by atoms with E-state index in [4.69, 9.17) is 5.73 Å². The molecule has 3 rings (SSSR count). The van der Waals surface area contributed by atoms with Crippen molar-refractivity contribution < 1.29 is 0 Å². The Morgan fingerprint density at radius 2 is 1.95 bits per heavy atom. The van der Waals surface area contributed by atoms with Crippen LogP contribution in [0.1, 0.15) is 6.42 Å². The van der Waals surface area contributed by atoms with E-state index in [1.165, 1.54) is 6.33 Å². The van der Waals surface area contributed by atoms with Crippen LogP contribution in [0.15, 0.2) is 12.5 Å². The predicted octanol–water partition coefficient (Wildman–Crippen LogP) is 0.0460. The summed E-state index contributed by atoms with van der Waals surface area (Å²) in [6.45, 7) is 6.61. The van der Waals surface area contributed by atoms with Gasteiger partial charge in [-0.3, -0.25) is 0 Å². The second-order valence-electron chi connectivity index (χ2n) is 5.36. The number of hydrogen-bond acceptors (Lipinski definition) is 6. The first-order chi connectivity index (χ1) is 9.74. The van der Waals surface area contributed by atoms with Crippen molar-refractivity contribution in [1.82, 2.24) is 29.5 Å². The average molecular weight is 275 g/mol. The zero-order valence-electron chi connectivity index (χ0n) is 11.9. The fraction of sp³-hybridized carbons (Fsp3) is 0.615. The number of nitrogens with two attached hydrogens (primary N) is 1. The summed E-state index contributed by atoms with van der Waals surface area (Å²) in [5, 5.41) is 5.20. The molecule has 0 radical (unpaired) electrons. The lowest BCUT2D eigenvalue weighted by Gasteiger charge is -2.32. The van der Waals surface area contributed by atoms with Crippen LogP contribution in [0.2, 0.25) is 0 Å². The van der Waals surface area contributed by atoms with Gasteiger partial charge in [0.05, 0.1) is 11.6 Å². The molecule has 2 aromatic heterocycles. The van der Waals surface area contributed by atoms with Gasteiger partial charge in [0.2, 0.25) is 0 Å². The number of fused-ring (bicyclic) bond motifs is 1. The van der Waals surface area contributed by atoms with Gasteiger partial charge in [0.25, 0.3) is 0 Å². The third kappa shape index (κ3) is 2.73. The number of aryl methyl sites for hydroxylation is 1. The van der Waals surface area contributed by atoms with Gasteiger partial charge in [0.1, 0.15) is 12.1 Å². The summed E-state index contributed by atoms with van der Waals surface area (Å²) in [7, 11) is 2.18. The van der Waals surface area contributed by atoms with Crippen molar-refractivity contribution in [3.05, 3.63) is 12.5 Å². The number of nitrogen functional groups attached to an aromatic ring is 1. The van der Waals surface area contributed by atoms with Crippen molar-refractivity contribution >= 4 is 16.9 Å². The number of nitrogens with zero attached hydrogens (tertiary/aromatic N) is 6. The Morgan fingerprint density at radius 1 is 1.15 bits per heavy atom. The Hall–Kier alpha value is -1.73. The van der Waals surface area contributed by atoms with Crippen molar-refractivity contribution in [2.45, 2.75) is 13.0 Å². The number of rotatable bonds is 4. The molecule has 0 unspecified atom stereocenters. The van der Waals surface area contributed by atoms with Crippen LogP contribution in [0.3, 0.4) is 0 Å². The standard InChI is InChI=1S/C13H21N7/c1-18-5-7-19(8-6-18)3-2-4-20-13-11(9-17-20)12(14)15-10-16-13/h9-10H,2-8H2,1H3,(H2,14,15,16). The second kappa shape index (κ2) is 5.72. The first-order valence-corrected chi connectivity index (χ1v) is 7.07. The van der Waals surface area contributed by atoms with Crippen LogP contribution in [-0.4, -0.2) is 69.3 Å². The normalized spacial score (nSPS) is 17.9. The minimum absolute atomic E-state index is 0.500. The molecule has 1 saturated heterocycles. The molecule has 3 heterocycles. The number of hydrogen-bond donors (Lipinski definition) is 1. The fourth-order valence-electron chi connectivity index (χ4n) is 2.59. The van der Waals surface area contributed by atoms with E-state index in [9.17, 15) is 0 Å². The van der Waals surface area contributed by atoms with E-state index < -0.39 is 0 Å². The first kappa shape index (κ1) is 13.3. The molecule has 0 atom stereocenters. The molecule has 1 aliphatic heterocycles. The van der Waals surface area contributed by atoms with Crippen LogP contribution in [0, 0.1) is 0 Å². The van der Waals surface area contributed by atoms with Gasteiger partial charge in [-0.05, 0) is 13.5 Å². The monoisotopic (exact) mass is 275 g/mol. The summed E-state index contributed by atoms with van der Waals surface area (Å²) in [6.07, 6.45) is 4.32. The molecule has 2 N–H and O–H groups in total. The van der Waals surface area contributed by atoms with Gasteiger partial charge in [0, 0.05) is 39.3 Å². The third-order valence-electron chi connectivity index (χ3n) is 3.90. The Kier molecular flexibility index (Phi) is 3.79. The summed E-state index contributed by atoms with van der Waals surface area (Å²) < 4.78 is 1.92. The van der Waals surface area contributed by atoms with Crippen molar-refractivity contribution in [3.63, 3.8) is 0 Å². The lowest BCUT2D eigenvalue weighted by molar-refractivity contribution is 0.151. The van der Waals surface area contributed by atoms with Gasteiger partial charge in [-0.1, -0.05) is 0 Å². The largest absolute Gasteiger partial charge is 0.383 e. The van der Waals surface area contributed by atoms with E-state index >= 15 is 0 Å². The zero-order valence-corrected chi connectivity index (χ0v) is 11.9. The van der Waals surface area contributed by atoms with Crippen LogP contribution in [0.25, 0.3) is 11.0 Å². The van der Waals surface area contributed by atoms with Crippen molar-refractivity contribution in [2.24, 2.45) is 0 Å². The third-order valence-corrected chi connectivity index (χ3v) is 3.90. The van der Waals surface area contributed by atoms with Crippen molar-refractivity contribution in [2.75, 3.05) is 45.5 Å². The molecule has 2 aromatic rings. The maximum Gasteiger partial charge on any atom is 0.163 e. The Balaban J connectivity index is 1.56. The lowest BCUT2D eigenvalue weighted by Crippen LogP contribution is -2.44. The van der Waals surface area contributed by atoms with E-state index in [1.807, 2.05) is 4.68 Å². The van der Waals surface area contributed by atoms with Gasteiger partial charge in [-0.25, -0.2) is 14.6 Å². The highest BCUT2D eigenvalue weighted by atomic mass is 15.3. The molecule has 1 aliphatic rings. The highest BCUT2D eigenvalue weighted by Crippen LogP contribution is 2.15. The average Bonchev–Trinajstić information content (AvgIpc) is 2.86.